The van der Waals surface area contributed by atoms with Gasteiger partial charge in [0.15, 0.2) is 0 Å². The molecule has 0 aromatic heterocycles. The van der Waals surface area contributed by atoms with Gasteiger partial charge in [0.1, 0.15) is 24.8 Å². The molecule has 0 amide bonds. The first-order valence-electron chi connectivity index (χ1n) is 11.6. The van der Waals surface area contributed by atoms with Crippen LogP contribution >= 0.6 is 0 Å². The summed E-state index contributed by atoms with van der Waals surface area (Å²) >= 11 is 0. The topological polar surface area (TPSA) is 6.25 Å². The highest BCUT2D eigenvalue weighted by atomic mass is 15.3. The molecule has 0 unspecified atom stereocenters. The van der Waals surface area contributed by atoms with Crippen molar-refractivity contribution in [1.82, 2.24) is 0 Å². The summed E-state index contributed by atoms with van der Waals surface area (Å²) in [6.07, 6.45) is 3.44. The Morgan fingerprint density at radius 1 is 0.742 bits per heavy atom. The fourth-order valence-electron chi connectivity index (χ4n) is 4.68. The summed E-state index contributed by atoms with van der Waals surface area (Å²) < 4.78 is 2.55. The maximum atomic E-state index is 2.55. The molecule has 0 radical (unpaired) electrons. The van der Waals surface area contributed by atoms with Gasteiger partial charge in [-0.3, -0.25) is 4.58 Å². The fraction of sp³-hybridized carbons (Fsp3) is 0.345. The maximum absolute atomic E-state index is 2.55. The molecule has 0 aliphatic carbocycles. The van der Waals surface area contributed by atoms with Crippen molar-refractivity contribution in [2.75, 3.05) is 11.4 Å². The third kappa shape index (κ3) is 4.90. The SMILES string of the molecule is CC(C)c1cccc(C(C)C)c1N1C=[N+](Cc2ccccc2)[C@@H](Cc2ccccc2)C1. The molecular weight excluding hydrogens is 376 g/mol. The summed E-state index contributed by atoms with van der Waals surface area (Å²) in [5.41, 5.74) is 7.08. The van der Waals surface area contributed by atoms with Gasteiger partial charge in [-0.2, -0.15) is 0 Å². The third-order valence-corrected chi connectivity index (χ3v) is 6.32. The van der Waals surface area contributed by atoms with Crippen molar-refractivity contribution in [1.29, 1.82) is 0 Å². The highest BCUT2D eigenvalue weighted by molar-refractivity contribution is 5.82. The van der Waals surface area contributed by atoms with Crippen LogP contribution in [0, 0.1) is 0 Å². The number of rotatable bonds is 7. The van der Waals surface area contributed by atoms with Crippen molar-refractivity contribution in [2.24, 2.45) is 0 Å². The molecule has 160 valence electrons. The zero-order valence-corrected chi connectivity index (χ0v) is 19.3. The molecule has 1 heterocycles. The van der Waals surface area contributed by atoms with Crippen LogP contribution in [-0.4, -0.2) is 23.5 Å². The maximum Gasteiger partial charge on any atom is 0.240 e. The van der Waals surface area contributed by atoms with Crippen LogP contribution in [0.25, 0.3) is 0 Å². The van der Waals surface area contributed by atoms with E-state index in [0.29, 0.717) is 17.9 Å². The number of benzene rings is 3. The van der Waals surface area contributed by atoms with Crippen molar-refractivity contribution in [3.63, 3.8) is 0 Å². The molecule has 0 spiro atoms. The Morgan fingerprint density at radius 2 is 1.29 bits per heavy atom. The van der Waals surface area contributed by atoms with Crippen molar-refractivity contribution >= 4 is 12.0 Å². The predicted molar refractivity (Wildman–Crippen MR) is 132 cm³/mol. The van der Waals surface area contributed by atoms with Gasteiger partial charge in [0, 0.05) is 17.5 Å². The Hall–Kier alpha value is -2.87. The van der Waals surface area contributed by atoms with Crippen LogP contribution in [0.4, 0.5) is 5.69 Å². The number of hydrogen-bond donors (Lipinski definition) is 0. The quantitative estimate of drug-likeness (QED) is 0.397. The third-order valence-electron chi connectivity index (χ3n) is 6.32. The van der Waals surface area contributed by atoms with Gasteiger partial charge < -0.3 is 0 Å². The molecule has 0 fully saturated rings. The second-order valence-corrected chi connectivity index (χ2v) is 9.36. The number of para-hydroxylation sites is 1. The van der Waals surface area contributed by atoms with Crippen LogP contribution in [0.1, 0.15) is 61.8 Å². The molecule has 1 aliphatic heterocycles. The van der Waals surface area contributed by atoms with E-state index in [4.69, 9.17) is 0 Å². The first-order valence-corrected chi connectivity index (χ1v) is 11.6. The zero-order valence-electron chi connectivity index (χ0n) is 19.3. The lowest BCUT2D eigenvalue weighted by Crippen LogP contribution is -2.29. The molecule has 1 atom stereocenters. The van der Waals surface area contributed by atoms with Gasteiger partial charge >= 0.3 is 0 Å². The monoisotopic (exact) mass is 411 g/mol. The largest absolute Gasteiger partial charge is 0.257 e. The predicted octanol–water partition coefficient (Wildman–Crippen LogP) is 6.61. The Bertz CT molecular complexity index is 993. The number of anilines is 1. The van der Waals surface area contributed by atoms with Gasteiger partial charge in [0.2, 0.25) is 6.34 Å². The van der Waals surface area contributed by atoms with E-state index in [-0.39, 0.29) is 0 Å². The summed E-state index contributed by atoms with van der Waals surface area (Å²) in [7, 11) is 0. The Morgan fingerprint density at radius 3 is 1.84 bits per heavy atom. The fourth-order valence-corrected chi connectivity index (χ4v) is 4.68. The van der Waals surface area contributed by atoms with Crippen molar-refractivity contribution in [2.45, 2.75) is 58.5 Å². The molecule has 0 bridgehead atoms. The molecule has 0 N–H and O–H groups in total. The zero-order chi connectivity index (χ0) is 21.8. The van der Waals surface area contributed by atoms with Gasteiger partial charge in [-0.1, -0.05) is 107 Å². The van der Waals surface area contributed by atoms with Gasteiger partial charge in [-0.15, -0.1) is 0 Å². The lowest BCUT2D eigenvalue weighted by molar-refractivity contribution is -0.567. The molecular formula is C29H35N2+. The van der Waals surface area contributed by atoms with Gasteiger partial charge in [0.25, 0.3) is 0 Å². The smallest absolute Gasteiger partial charge is 0.240 e. The van der Waals surface area contributed by atoms with Crippen molar-refractivity contribution in [3.05, 3.63) is 101 Å². The van der Waals surface area contributed by atoms with Gasteiger partial charge in [-0.25, -0.2) is 4.90 Å². The van der Waals surface area contributed by atoms with Crippen LogP contribution < -0.4 is 4.90 Å². The molecule has 0 saturated heterocycles. The number of hydrogen-bond acceptors (Lipinski definition) is 1. The average molecular weight is 412 g/mol. The average Bonchev–Trinajstić information content (AvgIpc) is 3.16. The summed E-state index contributed by atoms with van der Waals surface area (Å²) in [5, 5.41) is 0. The van der Waals surface area contributed by atoms with E-state index in [0.717, 1.165) is 19.5 Å². The molecule has 4 rings (SSSR count). The molecule has 31 heavy (non-hydrogen) atoms. The summed E-state index contributed by atoms with van der Waals surface area (Å²) in [4.78, 5) is 2.53. The van der Waals surface area contributed by atoms with E-state index in [1.54, 1.807) is 0 Å². The first kappa shape index (κ1) is 21.4. The second kappa shape index (κ2) is 9.51. The Balaban J connectivity index is 1.72. The van der Waals surface area contributed by atoms with E-state index in [2.05, 4.69) is 122 Å². The molecule has 2 nitrogen and oxygen atoms in total. The summed E-state index contributed by atoms with van der Waals surface area (Å²) in [6.45, 7) is 11.2. The van der Waals surface area contributed by atoms with Crippen LogP contribution in [-0.2, 0) is 13.0 Å². The van der Waals surface area contributed by atoms with Crippen LogP contribution in [0.15, 0.2) is 78.9 Å². The van der Waals surface area contributed by atoms with E-state index in [1.807, 2.05) is 0 Å². The lowest BCUT2D eigenvalue weighted by atomic mass is 9.92. The summed E-state index contributed by atoms with van der Waals surface area (Å²) in [6, 6.07) is 29.1. The minimum Gasteiger partial charge on any atom is -0.257 e. The lowest BCUT2D eigenvalue weighted by Gasteiger charge is -2.21. The standard InChI is InChI=1S/C29H35N2/c1-22(2)27-16-11-17-28(23(3)4)29(27)31-20-26(18-24-12-7-5-8-13-24)30(21-31)19-25-14-9-6-10-15-25/h5-17,21-23,26H,18-20H2,1-4H3/q+1/t26-/m0/s1. The first-order chi connectivity index (χ1) is 15.0. The highest BCUT2D eigenvalue weighted by Gasteiger charge is 2.35. The summed E-state index contributed by atoms with van der Waals surface area (Å²) in [5.74, 6) is 0.996. The second-order valence-electron chi connectivity index (χ2n) is 9.36. The van der Waals surface area contributed by atoms with Gasteiger partial charge in [-0.05, 0) is 23.0 Å². The number of nitrogens with zero attached hydrogens (tertiary/aromatic N) is 2. The van der Waals surface area contributed by atoms with Crippen LogP contribution in [0.5, 0.6) is 0 Å². The Labute approximate surface area is 187 Å². The molecule has 0 saturated carbocycles. The van der Waals surface area contributed by atoms with Crippen LogP contribution in [0.2, 0.25) is 0 Å². The van der Waals surface area contributed by atoms with Crippen LogP contribution in [0.3, 0.4) is 0 Å². The van der Waals surface area contributed by atoms with E-state index in [1.165, 1.54) is 27.9 Å². The van der Waals surface area contributed by atoms with Crippen molar-refractivity contribution in [3.8, 4) is 0 Å². The molecule has 1 aliphatic rings. The van der Waals surface area contributed by atoms with Gasteiger partial charge in [0.05, 0.1) is 0 Å². The minimum absolute atomic E-state index is 0.447. The molecule has 3 aromatic carbocycles. The highest BCUT2D eigenvalue weighted by Crippen LogP contribution is 2.36. The molecule has 2 heteroatoms. The molecule has 3 aromatic rings. The minimum atomic E-state index is 0.447. The van der Waals surface area contributed by atoms with Crippen molar-refractivity contribution < 1.29 is 4.58 Å². The van der Waals surface area contributed by atoms with E-state index >= 15 is 0 Å². The van der Waals surface area contributed by atoms with E-state index in [9.17, 15) is 0 Å². The van der Waals surface area contributed by atoms with E-state index < -0.39 is 0 Å². The normalized spacial score (nSPS) is 16.3. The Kier molecular flexibility index (Phi) is 6.56.